The van der Waals surface area contributed by atoms with Crippen LogP contribution in [-0.4, -0.2) is 61.9 Å². The van der Waals surface area contributed by atoms with Gasteiger partial charge in [0.25, 0.3) is 0 Å². The fourth-order valence-electron chi connectivity index (χ4n) is 2.57. The zero-order valence-electron chi connectivity index (χ0n) is 12.2. The van der Waals surface area contributed by atoms with Crippen molar-refractivity contribution in [2.75, 3.05) is 27.2 Å². The third kappa shape index (κ3) is 3.25. The number of likely N-dealkylation sites (N-methyl/N-ethyl adjacent to an activating group) is 1. The minimum Gasteiger partial charge on any atom is -0.478 e. The van der Waals surface area contributed by atoms with Crippen molar-refractivity contribution in [1.82, 2.24) is 9.21 Å². The Bertz CT molecular complexity index is 628. The molecule has 0 aliphatic carbocycles. The first-order valence-corrected chi connectivity index (χ1v) is 8.27. The summed E-state index contributed by atoms with van der Waals surface area (Å²) in [5, 5.41) is 9.18. The molecule has 2 rings (SSSR count). The number of benzene rings is 1. The Morgan fingerprint density at radius 1 is 1.33 bits per heavy atom. The molecule has 1 N–H and O–H groups in total. The zero-order chi connectivity index (χ0) is 15.6. The van der Waals surface area contributed by atoms with E-state index in [4.69, 9.17) is 0 Å². The summed E-state index contributed by atoms with van der Waals surface area (Å²) in [4.78, 5) is 13.1. The molecule has 0 radical (unpaired) electrons. The Kier molecular flexibility index (Phi) is 4.65. The van der Waals surface area contributed by atoms with Gasteiger partial charge in [0.2, 0.25) is 10.0 Å². The molecule has 0 saturated carbocycles. The largest absolute Gasteiger partial charge is 0.478 e. The summed E-state index contributed by atoms with van der Waals surface area (Å²) in [5.41, 5.74) is -0.176. The SMILES string of the molecule is CN(C)C1CCCN(S(=O)(=O)c2ccccc2C(=O)O)C1. The molecule has 21 heavy (non-hydrogen) atoms. The third-order valence-corrected chi connectivity index (χ3v) is 5.75. The molecule has 6 nitrogen and oxygen atoms in total. The molecule has 1 aromatic rings. The van der Waals surface area contributed by atoms with Crippen LogP contribution in [0.25, 0.3) is 0 Å². The molecule has 0 bridgehead atoms. The van der Waals surface area contributed by atoms with E-state index in [1.165, 1.54) is 22.5 Å². The minimum absolute atomic E-state index is 0.128. The van der Waals surface area contributed by atoms with Gasteiger partial charge in [-0.1, -0.05) is 12.1 Å². The fourth-order valence-corrected chi connectivity index (χ4v) is 4.27. The van der Waals surface area contributed by atoms with E-state index < -0.39 is 16.0 Å². The number of carboxylic acid groups (broad SMARTS) is 1. The van der Waals surface area contributed by atoms with Crippen LogP contribution >= 0.6 is 0 Å². The summed E-state index contributed by atoms with van der Waals surface area (Å²) in [6.07, 6.45) is 1.72. The predicted octanol–water partition coefficient (Wildman–Crippen LogP) is 1.10. The summed E-state index contributed by atoms with van der Waals surface area (Å²) < 4.78 is 26.8. The number of sulfonamides is 1. The van der Waals surface area contributed by atoms with Gasteiger partial charge in [-0.3, -0.25) is 0 Å². The number of hydrogen-bond acceptors (Lipinski definition) is 4. The van der Waals surface area contributed by atoms with Gasteiger partial charge in [0.15, 0.2) is 0 Å². The van der Waals surface area contributed by atoms with Gasteiger partial charge in [-0.05, 0) is 39.1 Å². The lowest BCUT2D eigenvalue weighted by molar-refractivity contribution is 0.0692. The average Bonchev–Trinajstić information content (AvgIpc) is 2.47. The van der Waals surface area contributed by atoms with Gasteiger partial charge in [0.1, 0.15) is 0 Å². The van der Waals surface area contributed by atoms with E-state index >= 15 is 0 Å². The van der Waals surface area contributed by atoms with Crippen LogP contribution in [0.15, 0.2) is 29.2 Å². The Labute approximate surface area is 125 Å². The molecular formula is C14H20N2O4S. The molecule has 1 unspecified atom stereocenters. The van der Waals surface area contributed by atoms with Crippen molar-refractivity contribution < 1.29 is 18.3 Å². The van der Waals surface area contributed by atoms with Crippen molar-refractivity contribution >= 4 is 16.0 Å². The fraction of sp³-hybridized carbons (Fsp3) is 0.500. The second-order valence-electron chi connectivity index (χ2n) is 5.42. The molecule has 1 heterocycles. The molecule has 116 valence electrons. The normalized spacial score (nSPS) is 20.6. The standard InChI is InChI=1S/C14H20N2O4S/c1-15(2)11-6-5-9-16(10-11)21(19,20)13-8-4-3-7-12(13)14(17)18/h3-4,7-8,11H,5-6,9-10H2,1-2H3,(H,17,18). The number of aromatic carboxylic acids is 1. The number of hydrogen-bond donors (Lipinski definition) is 1. The lowest BCUT2D eigenvalue weighted by Crippen LogP contribution is -2.47. The lowest BCUT2D eigenvalue weighted by Gasteiger charge is -2.35. The number of carbonyl (C=O) groups is 1. The third-order valence-electron chi connectivity index (χ3n) is 3.82. The van der Waals surface area contributed by atoms with Crippen LogP contribution in [-0.2, 0) is 10.0 Å². The van der Waals surface area contributed by atoms with Gasteiger partial charge in [-0.15, -0.1) is 0 Å². The van der Waals surface area contributed by atoms with Gasteiger partial charge >= 0.3 is 5.97 Å². The van der Waals surface area contributed by atoms with E-state index in [0.717, 1.165) is 12.8 Å². The van der Waals surface area contributed by atoms with E-state index in [1.807, 2.05) is 19.0 Å². The highest BCUT2D eigenvalue weighted by molar-refractivity contribution is 7.89. The molecule has 1 aliphatic rings. The molecule has 7 heteroatoms. The molecule has 1 aromatic carbocycles. The molecule has 1 fully saturated rings. The van der Waals surface area contributed by atoms with Crippen molar-refractivity contribution in [2.45, 2.75) is 23.8 Å². The van der Waals surface area contributed by atoms with Crippen molar-refractivity contribution in [3.8, 4) is 0 Å². The molecule has 0 aromatic heterocycles. The monoisotopic (exact) mass is 312 g/mol. The van der Waals surface area contributed by atoms with Crippen LogP contribution in [0.1, 0.15) is 23.2 Å². The van der Waals surface area contributed by atoms with Gasteiger partial charge in [0, 0.05) is 19.1 Å². The van der Waals surface area contributed by atoms with E-state index in [0.29, 0.717) is 13.1 Å². The zero-order valence-corrected chi connectivity index (χ0v) is 13.0. The maximum Gasteiger partial charge on any atom is 0.337 e. The van der Waals surface area contributed by atoms with E-state index in [-0.39, 0.29) is 16.5 Å². The maximum atomic E-state index is 12.7. The van der Waals surface area contributed by atoms with Gasteiger partial charge in [-0.25, -0.2) is 13.2 Å². The van der Waals surface area contributed by atoms with E-state index in [1.54, 1.807) is 6.07 Å². The Hall–Kier alpha value is -1.44. The molecule has 1 atom stereocenters. The van der Waals surface area contributed by atoms with Crippen LogP contribution in [0.2, 0.25) is 0 Å². The summed E-state index contributed by atoms with van der Waals surface area (Å²) in [5.74, 6) is -1.23. The van der Waals surface area contributed by atoms with Gasteiger partial charge in [-0.2, -0.15) is 4.31 Å². The first kappa shape index (κ1) is 15.9. The molecule has 1 aliphatic heterocycles. The number of rotatable bonds is 4. The Morgan fingerprint density at radius 2 is 2.00 bits per heavy atom. The summed E-state index contributed by atoms with van der Waals surface area (Å²) in [6, 6.07) is 5.92. The second kappa shape index (κ2) is 6.13. The highest BCUT2D eigenvalue weighted by Crippen LogP contribution is 2.24. The summed E-state index contributed by atoms with van der Waals surface area (Å²) in [6.45, 7) is 0.823. The number of piperidine rings is 1. The highest BCUT2D eigenvalue weighted by atomic mass is 32.2. The predicted molar refractivity (Wildman–Crippen MR) is 78.9 cm³/mol. The van der Waals surface area contributed by atoms with Crippen LogP contribution < -0.4 is 0 Å². The van der Waals surface area contributed by atoms with Crippen molar-refractivity contribution in [3.05, 3.63) is 29.8 Å². The van der Waals surface area contributed by atoms with Crippen molar-refractivity contribution in [1.29, 1.82) is 0 Å². The van der Waals surface area contributed by atoms with Gasteiger partial charge in [0.05, 0.1) is 10.5 Å². The minimum atomic E-state index is -3.78. The molecular weight excluding hydrogens is 292 g/mol. The van der Waals surface area contributed by atoms with Crippen LogP contribution in [0.4, 0.5) is 0 Å². The summed E-state index contributed by atoms with van der Waals surface area (Å²) >= 11 is 0. The quantitative estimate of drug-likeness (QED) is 0.901. The highest BCUT2D eigenvalue weighted by Gasteiger charge is 2.33. The van der Waals surface area contributed by atoms with E-state index in [2.05, 4.69) is 0 Å². The average molecular weight is 312 g/mol. The second-order valence-corrected chi connectivity index (χ2v) is 7.33. The van der Waals surface area contributed by atoms with Crippen LogP contribution in [0.3, 0.4) is 0 Å². The Balaban J connectivity index is 2.36. The first-order chi connectivity index (χ1) is 9.84. The van der Waals surface area contributed by atoms with Gasteiger partial charge < -0.3 is 10.0 Å². The maximum absolute atomic E-state index is 12.7. The molecule has 0 amide bonds. The summed E-state index contributed by atoms with van der Waals surface area (Å²) in [7, 11) is 0.0669. The van der Waals surface area contributed by atoms with Crippen LogP contribution in [0.5, 0.6) is 0 Å². The molecule has 0 spiro atoms. The number of carboxylic acids is 1. The first-order valence-electron chi connectivity index (χ1n) is 6.83. The van der Waals surface area contributed by atoms with Crippen molar-refractivity contribution in [2.24, 2.45) is 0 Å². The van der Waals surface area contributed by atoms with Crippen molar-refractivity contribution in [3.63, 3.8) is 0 Å². The topological polar surface area (TPSA) is 77.9 Å². The van der Waals surface area contributed by atoms with E-state index in [9.17, 15) is 18.3 Å². The lowest BCUT2D eigenvalue weighted by atomic mass is 10.1. The number of nitrogens with zero attached hydrogens (tertiary/aromatic N) is 2. The Morgan fingerprint density at radius 3 is 2.62 bits per heavy atom. The van der Waals surface area contributed by atoms with Crippen LogP contribution in [0, 0.1) is 0 Å². The molecule has 1 saturated heterocycles. The smallest absolute Gasteiger partial charge is 0.337 e.